The molecule has 3 N–H and O–H groups in total. The molecule has 0 saturated heterocycles. The molecule has 2 aromatic heterocycles. The third kappa shape index (κ3) is 2.21. The van der Waals surface area contributed by atoms with Gasteiger partial charge in [0.15, 0.2) is 5.65 Å². The van der Waals surface area contributed by atoms with Crippen LogP contribution in [0.15, 0.2) is 6.33 Å². The smallest absolute Gasteiger partial charge is 0.306 e. The third-order valence-corrected chi connectivity index (χ3v) is 4.57. The van der Waals surface area contributed by atoms with Gasteiger partial charge in [0, 0.05) is 0 Å². The fourth-order valence-corrected chi connectivity index (χ4v) is 3.57. The van der Waals surface area contributed by atoms with E-state index < -0.39 is 5.97 Å². The average molecular weight is 387 g/mol. The SMILES string of the molecule is Nc1ncnc2c1c(I)nn2C1CCCC(C(=O)O)C1. The van der Waals surface area contributed by atoms with E-state index in [1.807, 2.05) is 4.68 Å². The van der Waals surface area contributed by atoms with E-state index >= 15 is 0 Å². The summed E-state index contributed by atoms with van der Waals surface area (Å²) in [6, 6.07) is 0.0603. The number of aliphatic carboxylic acids is 1. The molecule has 1 saturated carbocycles. The summed E-state index contributed by atoms with van der Waals surface area (Å²) < 4.78 is 2.58. The van der Waals surface area contributed by atoms with Gasteiger partial charge in [-0.3, -0.25) is 4.79 Å². The highest BCUT2D eigenvalue weighted by molar-refractivity contribution is 14.1. The molecule has 2 heterocycles. The van der Waals surface area contributed by atoms with E-state index in [1.165, 1.54) is 6.33 Å². The minimum atomic E-state index is -0.727. The molecule has 20 heavy (non-hydrogen) atoms. The molecule has 8 heteroatoms. The molecule has 3 rings (SSSR count). The molecule has 0 spiro atoms. The lowest BCUT2D eigenvalue weighted by Gasteiger charge is -2.26. The van der Waals surface area contributed by atoms with Crippen LogP contribution < -0.4 is 5.73 Å². The van der Waals surface area contributed by atoms with Crippen LogP contribution in [0.5, 0.6) is 0 Å². The fourth-order valence-electron chi connectivity index (χ4n) is 2.82. The Hall–Kier alpha value is -1.45. The van der Waals surface area contributed by atoms with Crippen molar-refractivity contribution in [1.82, 2.24) is 19.7 Å². The lowest BCUT2D eigenvalue weighted by atomic mass is 9.86. The zero-order valence-electron chi connectivity index (χ0n) is 10.7. The number of anilines is 1. The lowest BCUT2D eigenvalue weighted by molar-refractivity contribution is -0.143. The van der Waals surface area contributed by atoms with E-state index in [1.54, 1.807) is 0 Å². The van der Waals surface area contributed by atoms with Gasteiger partial charge < -0.3 is 10.8 Å². The van der Waals surface area contributed by atoms with Crippen molar-refractivity contribution in [1.29, 1.82) is 0 Å². The first-order chi connectivity index (χ1) is 9.58. The number of rotatable bonds is 2. The number of carbonyl (C=O) groups is 1. The number of fused-ring (bicyclic) bond motifs is 1. The van der Waals surface area contributed by atoms with Crippen molar-refractivity contribution in [3.8, 4) is 0 Å². The number of carboxylic acid groups (broad SMARTS) is 1. The van der Waals surface area contributed by atoms with Crippen LogP contribution in [0, 0.1) is 9.62 Å². The average Bonchev–Trinajstić information content (AvgIpc) is 2.78. The van der Waals surface area contributed by atoms with E-state index in [0.29, 0.717) is 17.9 Å². The molecule has 0 aliphatic heterocycles. The summed E-state index contributed by atoms with van der Waals surface area (Å²) in [4.78, 5) is 19.4. The number of aromatic nitrogens is 4. The topological polar surface area (TPSA) is 107 Å². The maximum atomic E-state index is 11.2. The summed E-state index contributed by atoms with van der Waals surface area (Å²) in [7, 11) is 0. The first-order valence-corrected chi connectivity index (χ1v) is 7.52. The highest BCUT2D eigenvalue weighted by Crippen LogP contribution is 2.35. The molecule has 2 unspecified atom stereocenters. The van der Waals surface area contributed by atoms with Gasteiger partial charge in [0.25, 0.3) is 0 Å². The monoisotopic (exact) mass is 387 g/mol. The van der Waals surface area contributed by atoms with Crippen molar-refractivity contribution in [2.24, 2.45) is 5.92 Å². The minimum absolute atomic E-state index is 0.0603. The molecular weight excluding hydrogens is 373 g/mol. The quantitative estimate of drug-likeness (QED) is 0.762. The van der Waals surface area contributed by atoms with Crippen molar-refractivity contribution < 1.29 is 9.90 Å². The largest absolute Gasteiger partial charge is 0.481 e. The van der Waals surface area contributed by atoms with E-state index in [0.717, 1.165) is 28.3 Å². The molecule has 0 radical (unpaired) electrons. The van der Waals surface area contributed by atoms with Gasteiger partial charge in [0.05, 0.1) is 17.3 Å². The summed E-state index contributed by atoms with van der Waals surface area (Å²) in [5, 5.41) is 14.4. The first kappa shape index (κ1) is 13.5. The van der Waals surface area contributed by atoms with Crippen LogP contribution >= 0.6 is 22.6 Å². The second-order valence-electron chi connectivity index (χ2n) is 5.05. The lowest BCUT2D eigenvalue weighted by Crippen LogP contribution is -2.25. The Morgan fingerprint density at radius 3 is 3.00 bits per heavy atom. The highest BCUT2D eigenvalue weighted by atomic mass is 127. The molecule has 1 fully saturated rings. The Morgan fingerprint density at radius 2 is 2.25 bits per heavy atom. The zero-order chi connectivity index (χ0) is 14.3. The minimum Gasteiger partial charge on any atom is -0.481 e. The van der Waals surface area contributed by atoms with Gasteiger partial charge in [-0.05, 0) is 41.9 Å². The first-order valence-electron chi connectivity index (χ1n) is 6.45. The summed E-state index contributed by atoms with van der Waals surface area (Å²) in [6.45, 7) is 0. The summed E-state index contributed by atoms with van der Waals surface area (Å²) in [5.41, 5.74) is 6.56. The van der Waals surface area contributed by atoms with Gasteiger partial charge >= 0.3 is 5.97 Å². The van der Waals surface area contributed by atoms with Crippen LogP contribution in [0.1, 0.15) is 31.7 Å². The Labute approximate surface area is 128 Å². The van der Waals surface area contributed by atoms with Gasteiger partial charge in [0.1, 0.15) is 15.8 Å². The maximum absolute atomic E-state index is 11.2. The molecule has 1 aliphatic rings. The maximum Gasteiger partial charge on any atom is 0.306 e. The number of hydrogen-bond donors (Lipinski definition) is 2. The Bertz CT molecular complexity index is 671. The third-order valence-electron chi connectivity index (χ3n) is 3.82. The molecule has 1 aliphatic carbocycles. The van der Waals surface area contributed by atoms with Crippen molar-refractivity contribution in [3.63, 3.8) is 0 Å². The van der Waals surface area contributed by atoms with Gasteiger partial charge in [-0.2, -0.15) is 5.10 Å². The molecule has 2 atom stereocenters. The number of nitrogens with zero attached hydrogens (tertiary/aromatic N) is 4. The van der Waals surface area contributed by atoms with Crippen LogP contribution in [-0.4, -0.2) is 30.8 Å². The van der Waals surface area contributed by atoms with Gasteiger partial charge in [-0.25, -0.2) is 14.6 Å². The highest BCUT2D eigenvalue weighted by Gasteiger charge is 2.30. The normalized spacial score (nSPS) is 23.1. The summed E-state index contributed by atoms with van der Waals surface area (Å²) in [6.07, 6.45) is 4.55. The van der Waals surface area contributed by atoms with Crippen LogP contribution in [0.2, 0.25) is 0 Å². The van der Waals surface area contributed by atoms with E-state index in [2.05, 4.69) is 37.7 Å². The van der Waals surface area contributed by atoms with E-state index in [4.69, 9.17) is 5.73 Å². The summed E-state index contributed by atoms with van der Waals surface area (Å²) >= 11 is 2.11. The van der Waals surface area contributed by atoms with Crippen LogP contribution in [0.3, 0.4) is 0 Å². The van der Waals surface area contributed by atoms with Crippen LogP contribution in [0.25, 0.3) is 11.0 Å². The van der Waals surface area contributed by atoms with Crippen molar-refractivity contribution in [2.75, 3.05) is 5.73 Å². The molecule has 7 nitrogen and oxygen atoms in total. The van der Waals surface area contributed by atoms with Crippen molar-refractivity contribution in [2.45, 2.75) is 31.7 Å². The Kier molecular flexibility index (Phi) is 3.48. The molecule has 2 aromatic rings. The Morgan fingerprint density at radius 1 is 1.45 bits per heavy atom. The molecule has 0 aromatic carbocycles. The number of nitrogens with two attached hydrogens (primary N) is 1. The second-order valence-corrected chi connectivity index (χ2v) is 6.07. The predicted molar refractivity (Wildman–Crippen MR) is 81.1 cm³/mol. The molecule has 106 valence electrons. The Balaban J connectivity index is 2.02. The van der Waals surface area contributed by atoms with Crippen molar-refractivity contribution >= 4 is 45.4 Å². The number of nitrogen functional groups attached to an aromatic ring is 1. The predicted octanol–water partition coefficient (Wildman–Crippen LogP) is 1.83. The fraction of sp³-hybridized carbons (Fsp3) is 0.500. The van der Waals surface area contributed by atoms with Crippen molar-refractivity contribution in [3.05, 3.63) is 10.0 Å². The van der Waals surface area contributed by atoms with Crippen LogP contribution in [-0.2, 0) is 4.79 Å². The molecule has 0 bridgehead atoms. The number of carboxylic acids is 1. The van der Waals surface area contributed by atoms with Gasteiger partial charge in [0.2, 0.25) is 0 Å². The zero-order valence-corrected chi connectivity index (χ0v) is 12.8. The van der Waals surface area contributed by atoms with E-state index in [-0.39, 0.29) is 12.0 Å². The van der Waals surface area contributed by atoms with E-state index in [9.17, 15) is 9.90 Å². The molecule has 0 amide bonds. The number of hydrogen-bond acceptors (Lipinski definition) is 5. The van der Waals surface area contributed by atoms with Gasteiger partial charge in [-0.15, -0.1) is 0 Å². The second kappa shape index (κ2) is 5.15. The molecular formula is C12H14IN5O2. The summed E-state index contributed by atoms with van der Waals surface area (Å²) in [5.74, 6) is -0.615. The number of halogens is 1. The van der Waals surface area contributed by atoms with Crippen LogP contribution in [0.4, 0.5) is 5.82 Å². The van der Waals surface area contributed by atoms with Gasteiger partial charge in [-0.1, -0.05) is 6.42 Å². The standard InChI is InChI=1S/C12H14IN5O2/c13-9-8-10(14)15-5-16-11(8)18(17-9)7-3-1-2-6(4-7)12(19)20/h5-7H,1-4H2,(H,19,20)(H2,14,15,16).